The molecule has 1 aliphatic rings. The number of carboxylic acids is 1. The average Bonchev–Trinajstić information content (AvgIpc) is 1.88. The van der Waals surface area contributed by atoms with Gasteiger partial charge in [-0.1, -0.05) is 12.2 Å². The number of rotatable bonds is 1. The Morgan fingerprint density at radius 3 is 2.90 bits per heavy atom. The van der Waals surface area contributed by atoms with Gasteiger partial charge in [0, 0.05) is 6.20 Å². The lowest BCUT2D eigenvalue weighted by Gasteiger charge is -2.11. The zero-order valence-electron chi connectivity index (χ0n) is 5.66. The molecule has 54 valence electrons. The average molecular weight is 139 g/mol. The van der Waals surface area contributed by atoms with Crippen LogP contribution in [0.25, 0.3) is 0 Å². The summed E-state index contributed by atoms with van der Waals surface area (Å²) in [5, 5.41) is 11.2. The summed E-state index contributed by atoms with van der Waals surface area (Å²) in [5.41, 5.74) is 1.04. The predicted molar refractivity (Wildman–Crippen MR) is 37.5 cm³/mol. The molecule has 0 saturated heterocycles. The Hall–Kier alpha value is -1.25. The minimum Gasteiger partial charge on any atom is -0.479 e. The van der Waals surface area contributed by atoms with E-state index >= 15 is 0 Å². The predicted octanol–water partition coefficient (Wildman–Crippen LogP) is 0.503. The van der Waals surface area contributed by atoms with Crippen LogP contribution in [0.1, 0.15) is 6.92 Å². The van der Waals surface area contributed by atoms with Gasteiger partial charge in [0.25, 0.3) is 0 Å². The Kier molecular flexibility index (Phi) is 1.76. The number of dihydropyridines is 1. The molecule has 10 heavy (non-hydrogen) atoms. The molecule has 1 heterocycles. The van der Waals surface area contributed by atoms with Gasteiger partial charge in [0.1, 0.15) is 6.04 Å². The van der Waals surface area contributed by atoms with E-state index in [9.17, 15) is 4.79 Å². The van der Waals surface area contributed by atoms with Crippen molar-refractivity contribution in [2.24, 2.45) is 0 Å². The van der Waals surface area contributed by atoms with Gasteiger partial charge >= 0.3 is 5.97 Å². The van der Waals surface area contributed by atoms with Crippen molar-refractivity contribution >= 4 is 5.97 Å². The van der Waals surface area contributed by atoms with Gasteiger partial charge in [0.2, 0.25) is 0 Å². The Balaban J connectivity index is 2.60. The Morgan fingerprint density at radius 1 is 1.80 bits per heavy atom. The van der Waals surface area contributed by atoms with Crippen molar-refractivity contribution in [3.8, 4) is 0 Å². The van der Waals surface area contributed by atoms with E-state index in [1.54, 1.807) is 18.4 Å². The molecule has 2 N–H and O–H groups in total. The van der Waals surface area contributed by atoms with Gasteiger partial charge in [0.15, 0.2) is 0 Å². The number of nitrogens with one attached hydrogen (secondary N) is 1. The minimum atomic E-state index is -0.847. The molecule has 0 spiro atoms. The van der Waals surface area contributed by atoms with E-state index in [2.05, 4.69) is 5.32 Å². The van der Waals surface area contributed by atoms with Crippen LogP contribution in [0.4, 0.5) is 0 Å². The Morgan fingerprint density at radius 2 is 2.50 bits per heavy atom. The lowest BCUT2D eigenvalue weighted by Crippen LogP contribution is -2.32. The van der Waals surface area contributed by atoms with Crippen molar-refractivity contribution in [1.29, 1.82) is 0 Å². The van der Waals surface area contributed by atoms with Gasteiger partial charge < -0.3 is 10.4 Å². The van der Waals surface area contributed by atoms with Gasteiger partial charge in [-0.25, -0.2) is 4.79 Å². The molecule has 0 aliphatic carbocycles. The third-order valence-corrected chi connectivity index (χ3v) is 1.31. The van der Waals surface area contributed by atoms with Crippen LogP contribution in [-0.2, 0) is 4.79 Å². The molecule has 1 rings (SSSR count). The lowest BCUT2D eigenvalue weighted by molar-refractivity contribution is -0.137. The molecule has 0 fully saturated rings. The van der Waals surface area contributed by atoms with Crippen molar-refractivity contribution in [3.63, 3.8) is 0 Å². The zero-order valence-corrected chi connectivity index (χ0v) is 5.66. The van der Waals surface area contributed by atoms with E-state index in [1.807, 2.05) is 6.92 Å². The van der Waals surface area contributed by atoms with E-state index in [0.29, 0.717) is 0 Å². The largest absolute Gasteiger partial charge is 0.479 e. The molecule has 0 saturated carbocycles. The van der Waals surface area contributed by atoms with E-state index in [1.165, 1.54) is 0 Å². The van der Waals surface area contributed by atoms with Gasteiger partial charge in [-0.05, 0) is 12.5 Å². The fraction of sp³-hybridized carbons (Fsp3) is 0.286. The second kappa shape index (κ2) is 2.56. The highest BCUT2D eigenvalue weighted by Crippen LogP contribution is 2.01. The van der Waals surface area contributed by atoms with E-state index < -0.39 is 12.0 Å². The minimum absolute atomic E-state index is 0.552. The van der Waals surface area contributed by atoms with Crippen LogP contribution in [-0.4, -0.2) is 17.1 Å². The summed E-state index contributed by atoms with van der Waals surface area (Å²) in [6.45, 7) is 1.90. The fourth-order valence-corrected chi connectivity index (χ4v) is 0.727. The Bertz CT molecular complexity index is 206. The Labute approximate surface area is 59.0 Å². The molecule has 1 unspecified atom stereocenters. The summed E-state index contributed by atoms with van der Waals surface area (Å²) < 4.78 is 0. The molecule has 3 heteroatoms. The third kappa shape index (κ3) is 1.37. The van der Waals surface area contributed by atoms with Crippen LogP contribution in [0.3, 0.4) is 0 Å². The van der Waals surface area contributed by atoms with Crippen LogP contribution in [0, 0.1) is 0 Å². The van der Waals surface area contributed by atoms with Crippen LogP contribution in [0.5, 0.6) is 0 Å². The summed E-state index contributed by atoms with van der Waals surface area (Å²) in [6, 6.07) is -0.552. The van der Waals surface area contributed by atoms with Crippen molar-refractivity contribution in [1.82, 2.24) is 5.32 Å². The quantitative estimate of drug-likeness (QED) is 0.556. The highest BCUT2D eigenvalue weighted by atomic mass is 16.4. The van der Waals surface area contributed by atoms with Crippen molar-refractivity contribution in [3.05, 3.63) is 23.9 Å². The number of hydrogen-bond acceptors (Lipinski definition) is 2. The first-order chi connectivity index (χ1) is 4.70. The fourth-order valence-electron chi connectivity index (χ4n) is 0.727. The zero-order chi connectivity index (χ0) is 7.56. The maximum atomic E-state index is 10.3. The molecule has 3 nitrogen and oxygen atoms in total. The number of aliphatic carboxylic acids is 1. The first kappa shape index (κ1) is 6.86. The standard InChI is InChI=1S/C7H9NO2/c1-5-2-3-6(7(9)10)8-4-5/h2-4,6,8H,1H3,(H,9,10). The smallest absolute Gasteiger partial charge is 0.330 e. The first-order valence-electron chi connectivity index (χ1n) is 3.04. The first-order valence-corrected chi connectivity index (χ1v) is 3.04. The molecule has 1 atom stereocenters. The SMILES string of the molecule is CC1=CNC(C(=O)O)C=C1. The third-order valence-electron chi connectivity index (χ3n) is 1.31. The second-order valence-electron chi connectivity index (χ2n) is 2.23. The molecular formula is C7H9NO2. The van der Waals surface area contributed by atoms with Gasteiger partial charge in [-0.15, -0.1) is 0 Å². The van der Waals surface area contributed by atoms with E-state index in [-0.39, 0.29) is 0 Å². The molecule has 1 aliphatic heterocycles. The maximum absolute atomic E-state index is 10.3. The van der Waals surface area contributed by atoms with E-state index in [4.69, 9.17) is 5.11 Å². The van der Waals surface area contributed by atoms with Crippen LogP contribution in [0.2, 0.25) is 0 Å². The summed E-state index contributed by atoms with van der Waals surface area (Å²) in [7, 11) is 0. The van der Waals surface area contributed by atoms with Crippen LogP contribution in [0.15, 0.2) is 23.9 Å². The van der Waals surface area contributed by atoms with Crippen molar-refractivity contribution < 1.29 is 9.90 Å². The topological polar surface area (TPSA) is 49.3 Å². The van der Waals surface area contributed by atoms with Gasteiger partial charge in [-0.2, -0.15) is 0 Å². The number of carbonyl (C=O) groups is 1. The summed E-state index contributed by atoms with van der Waals surface area (Å²) in [4.78, 5) is 10.3. The normalized spacial score (nSPS) is 23.3. The molecule has 0 radical (unpaired) electrons. The lowest BCUT2D eigenvalue weighted by atomic mass is 10.1. The maximum Gasteiger partial charge on any atom is 0.330 e. The summed E-state index contributed by atoms with van der Waals surface area (Å²) >= 11 is 0. The van der Waals surface area contributed by atoms with Gasteiger partial charge in [0.05, 0.1) is 0 Å². The monoisotopic (exact) mass is 139 g/mol. The molecule has 0 bridgehead atoms. The van der Waals surface area contributed by atoms with E-state index in [0.717, 1.165) is 5.57 Å². The molecular weight excluding hydrogens is 130 g/mol. The van der Waals surface area contributed by atoms with Crippen molar-refractivity contribution in [2.45, 2.75) is 13.0 Å². The van der Waals surface area contributed by atoms with Crippen molar-refractivity contribution in [2.75, 3.05) is 0 Å². The molecule has 0 aromatic carbocycles. The second-order valence-corrected chi connectivity index (χ2v) is 2.23. The number of hydrogen-bond donors (Lipinski definition) is 2. The molecule has 0 aromatic rings. The molecule has 0 aromatic heterocycles. The van der Waals surface area contributed by atoms with Gasteiger partial charge in [-0.3, -0.25) is 0 Å². The highest BCUT2D eigenvalue weighted by molar-refractivity contribution is 5.76. The number of allylic oxidation sites excluding steroid dienone is 2. The van der Waals surface area contributed by atoms with Crippen LogP contribution >= 0.6 is 0 Å². The number of carboxylic acid groups (broad SMARTS) is 1. The summed E-state index contributed by atoms with van der Waals surface area (Å²) in [5.74, 6) is -0.847. The highest BCUT2D eigenvalue weighted by Gasteiger charge is 2.12. The molecule has 0 amide bonds. The van der Waals surface area contributed by atoms with Crippen LogP contribution < -0.4 is 5.32 Å². The summed E-state index contributed by atoms with van der Waals surface area (Å²) in [6.07, 6.45) is 5.10.